The van der Waals surface area contributed by atoms with E-state index in [0.29, 0.717) is 17.3 Å². The van der Waals surface area contributed by atoms with Crippen LogP contribution in [0.4, 0.5) is 0 Å². The summed E-state index contributed by atoms with van der Waals surface area (Å²) in [5.74, 6) is -0.397. The Hall–Kier alpha value is -1.62. The SMILES string of the molecule is COC(=O)C[C@H]1CCCCN1C(=O)c1ccc(Cl)nc1. The van der Waals surface area contributed by atoms with Crippen LogP contribution in [0.5, 0.6) is 0 Å². The number of pyridine rings is 1. The second kappa shape index (κ2) is 6.70. The van der Waals surface area contributed by atoms with Crippen LogP contribution in [0.3, 0.4) is 0 Å². The highest BCUT2D eigenvalue weighted by atomic mass is 35.5. The van der Waals surface area contributed by atoms with Crippen LogP contribution < -0.4 is 0 Å². The standard InChI is InChI=1S/C14H17ClN2O3/c1-20-13(18)8-11-4-2-3-7-17(11)14(19)10-5-6-12(15)16-9-10/h5-6,9,11H,2-4,7-8H2,1H3/t11-/m1/s1. The zero-order chi connectivity index (χ0) is 14.5. The van der Waals surface area contributed by atoms with Crippen molar-refractivity contribution in [2.24, 2.45) is 0 Å². The summed E-state index contributed by atoms with van der Waals surface area (Å²) in [7, 11) is 1.36. The van der Waals surface area contributed by atoms with Gasteiger partial charge in [-0.1, -0.05) is 11.6 Å². The Labute approximate surface area is 122 Å². The molecule has 20 heavy (non-hydrogen) atoms. The minimum atomic E-state index is -0.288. The molecule has 2 heterocycles. The Morgan fingerprint density at radius 3 is 2.90 bits per heavy atom. The number of carbonyl (C=O) groups excluding carboxylic acids is 2. The molecule has 0 aliphatic carbocycles. The lowest BCUT2D eigenvalue weighted by atomic mass is 9.98. The number of likely N-dealkylation sites (tertiary alicyclic amines) is 1. The molecule has 0 aromatic carbocycles. The number of amides is 1. The van der Waals surface area contributed by atoms with Crippen LogP contribution in [0.2, 0.25) is 5.15 Å². The molecule has 1 saturated heterocycles. The summed E-state index contributed by atoms with van der Waals surface area (Å²) in [4.78, 5) is 29.6. The number of methoxy groups -OCH3 is 1. The van der Waals surface area contributed by atoms with E-state index in [9.17, 15) is 9.59 Å². The topological polar surface area (TPSA) is 59.5 Å². The Bertz CT molecular complexity index is 490. The van der Waals surface area contributed by atoms with Crippen molar-refractivity contribution < 1.29 is 14.3 Å². The van der Waals surface area contributed by atoms with Crippen LogP contribution in [-0.2, 0) is 9.53 Å². The van der Waals surface area contributed by atoms with E-state index in [1.165, 1.54) is 13.3 Å². The van der Waals surface area contributed by atoms with E-state index in [4.69, 9.17) is 16.3 Å². The van der Waals surface area contributed by atoms with Crippen LogP contribution in [0.1, 0.15) is 36.0 Å². The van der Waals surface area contributed by atoms with Crippen molar-refractivity contribution in [2.45, 2.75) is 31.7 Å². The molecule has 2 rings (SSSR count). The molecule has 1 aromatic rings. The van der Waals surface area contributed by atoms with Gasteiger partial charge in [0.2, 0.25) is 0 Å². The number of aromatic nitrogens is 1. The third kappa shape index (κ3) is 3.48. The minimum absolute atomic E-state index is 0.0978. The first-order valence-electron chi connectivity index (χ1n) is 6.61. The quantitative estimate of drug-likeness (QED) is 0.634. The summed E-state index contributed by atoms with van der Waals surface area (Å²) in [5.41, 5.74) is 0.492. The molecule has 0 unspecified atom stereocenters. The van der Waals surface area contributed by atoms with E-state index in [1.54, 1.807) is 17.0 Å². The van der Waals surface area contributed by atoms with Gasteiger partial charge in [0.05, 0.1) is 19.1 Å². The van der Waals surface area contributed by atoms with Crippen molar-refractivity contribution >= 4 is 23.5 Å². The summed E-state index contributed by atoms with van der Waals surface area (Å²) < 4.78 is 4.70. The van der Waals surface area contributed by atoms with Crippen molar-refractivity contribution in [3.8, 4) is 0 Å². The minimum Gasteiger partial charge on any atom is -0.469 e. The van der Waals surface area contributed by atoms with Gasteiger partial charge in [-0.25, -0.2) is 4.98 Å². The monoisotopic (exact) mass is 296 g/mol. The van der Waals surface area contributed by atoms with E-state index >= 15 is 0 Å². The summed E-state index contributed by atoms with van der Waals surface area (Å²) in [6, 6.07) is 3.15. The summed E-state index contributed by atoms with van der Waals surface area (Å²) in [5, 5.41) is 0.353. The van der Waals surface area contributed by atoms with Gasteiger partial charge in [0.15, 0.2) is 0 Å². The third-order valence-electron chi connectivity index (χ3n) is 3.49. The number of hydrogen-bond acceptors (Lipinski definition) is 4. The smallest absolute Gasteiger partial charge is 0.307 e. The summed E-state index contributed by atoms with van der Waals surface area (Å²) >= 11 is 5.72. The van der Waals surface area contributed by atoms with Crippen molar-refractivity contribution in [3.05, 3.63) is 29.0 Å². The number of esters is 1. The average molecular weight is 297 g/mol. The molecule has 1 aliphatic heterocycles. The highest BCUT2D eigenvalue weighted by molar-refractivity contribution is 6.29. The van der Waals surface area contributed by atoms with Crippen molar-refractivity contribution in [2.75, 3.05) is 13.7 Å². The maximum absolute atomic E-state index is 12.5. The van der Waals surface area contributed by atoms with Crippen LogP contribution >= 0.6 is 11.6 Å². The predicted octanol–water partition coefficient (Wildman–Crippen LogP) is 2.29. The van der Waals surface area contributed by atoms with Crippen LogP contribution in [0, 0.1) is 0 Å². The zero-order valence-electron chi connectivity index (χ0n) is 11.3. The number of hydrogen-bond donors (Lipinski definition) is 0. The lowest BCUT2D eigenvalue weighted by Gasteiger charge is -2.35. The fraction of sp³-hybridized carbons (Fsp3) is 0.500. The van der Waals surface area contributed by atoms with Gasteiger partial charge >= 0.3 is 5.97 Å². The molecule has 1 amide bonds. The normalized spacial score (nSPS) is 18.7. The molecule has 5 nitrogen and oxygen atoms in total. The number of halogens is 1. The molecule has 0 bridgehead atoms. The first-order valence-corrected chi connectivity index (χ1v) is 6.99. The first kappa shape index (κ1) is 14.8. The van der Waals surface area contributed by atoms with Crippen molar-refractivity contribution in [1.29, 1.82) is 0 Å². The molecule has 0 N–H and O–H groups in total. The third-order valence-corrected chi connectivity index (χ3v) is 3.72. The van der Waals surface area contributed by atoms with Gasteiger partial charge in [0.25, 0.3) is 5.91 Å². The van der Waals surface area contributed by atoms with Crippen LogP contribution in [0.25, 0.3) is 0 Å². The molecule has 0 saturated carbocycles. The van der Waals surface area contributed by atoms with Gasteiger partial charge in [0.1, 0.15) is 5.15 Å². The van der Waals surface area contributed by atoms with Crippen LogP contribution in [-0.4, -0.2) is 41.5 Å². The van der Waals surface area contributed by atoms with E-state index in [2.05, 4.69) is 4.98 Å². The van der Waals surface area contributed by atoms with Gasteiger partial charge in [-0.05, 0) is 31.4 Å². The summed E-state index contributed by atoms with van der Waals surface area (Å²) in [6.07, 6.45) is 4.49. The number of nitrogens with zero attached hydrogens (tertiary/aromatic N) is 2. The highest BCUT2D eigenvalue weighted by Gasteiger charge is 2.29. The van der Waals surface area contributed by atoms with Gasteiger partial charge in [-0.2, -0.15) is 0 Å². The molecular formula is C14H17ClN2O3. The number of carbonyl (C=O) groups is 2. The molecule has 0 spiro atoms. The van der Waals surface area contributed by atoms with Gasteiger partial charge in [0, 0.05) is 18.8 Å². The molecule has 1 fully saturated rings. The van der Waals surface area contributed by atoms with E-state index in [-0.39, 0.29) is 24.3 Å². The molecule has 108 valence electrons. The molecule has 6 heteroatoms. The predicted molar refractivity (Wildman–Crippen MR) is 74.6 cm³/mol. The van der Waals surface area contributed by atoms with Crippen molar-refractivity contribution in [3.63, 3.8) is 0 Å². The molecule has 1 aliphatic rings. The summed E-state index contributed by atoms with van der Waals surface area (Å²) in [6.45, 7) is 0.656. The van der Waals surface area contributed by atoms with E-state index < -0.39 is 0 Å². The number of ether oxygens (including phenoxy) is 1. The lowest BCUT2D eigenvalue weighted by Crippen LogP contribution is -2.44. The average Bonchev–Trinajstić information content (AvgIpc) is 2.48. The zero-order valence-corrected chi connectivity index (χ0v) is 12.1. The Balaban J connectivity index is 2.12. The number of rotatable bonds is 3. The molecule has 1 atom stereocenters. The lowest BCUT2D eigenvalue weighted by molar-refractivity contribution is -0.142. The van der Waals surface area contributed by atoms with Crippen LogP contribution in [0.15, 0.2) is 18.3 Å². The van der Waals surface area contributed by atoms with Crippen molar-refractivity contribution in [1.82, 2.24) is 9.88 Å². The molecule has 0 radical (unpaired) electrons. The maximum atomic E-state index is 12.5. The Kier molecular flexibility index (Phi) is 4.95. The van der Waals surface area contributed by atoms with Gasteiger partial charge in [-0.3, -0.25) is 9.59 Å². The second-order valence-corrected chi connectivity index (χ2v) is 5.19. The highest BCUT2D eigenvalue weighted by Crippen LogP contribution is 2.22. The Morgan fingerprint density at radius 2 is 2.25 bits per heavy atom. The fourth-order valence-corrected chi connectivity index (χ4v) is 2.54. The molecule has 1 aromatic heterocycles. The van der Waals surface area contributed by atoms with Gasteiger partial charge < -0.3 is 9.64 Å². The largest absolute Gasteiger partial charge is 0.469 e. The Morgan fingerprint density at radius 1 is 1.45 bits per heavy atom. The number of piperidine rings is 1. The fourth-order valence-electron chi connectivity index (χ4n) is 2.42. The first-order chi connectivity index (χ1) is 9.61. The van der Waals surface area contributed by atoms with E-state index in [1.807, 2.05) is 0 Å². The maximum Gasteiger partial charge on any atom is 0.307 e. The van der Waals surface area contributed by atoms with Gasteiger partial charge in [-0.15, -0.1) is 0 Å². The molecular weight excluding hydrogens is 280 g/mol. The second-order valence-electron chi connectivity index (χ2n) is 4.80. The van der Waals surface area contributed by atoms with E-state index in [0.717, 1.165) is 19.3 Å².